The number of nitrogens with one attached hydrogen (secondary N) is 1. The van der Waals surface area contributed by atoms with E-state index in [9.17, 15) is 0 Å². The lowest BCUT2D eigenvalue weighted by atomic mass is 10.2. The molecule has 2 nitrogen and oxygen atoms in total. The van der Waals surface area contributed by atoms with Crippen LogP contribution in [0.4, 0.5) is 0 Å². The van der Waals surface area contributed by atoms with E-state index in [-0.39, 0.29) is 6.04 Å². The summed E-state index contributed by atoms with van der Waals surface area (Å²) in [6.45, 7) is 6.77. The molecule has 0 aromatic carbocycles. The van der Waals surface area contributed by atoms with Crippen molar-refractivity contribution >= 4 is 34.5 Å². The van der Waals surface area contributed by atoms with E-state index in [0.29, 0.717) is 0 Å². The summed E-state index contributed by atoms with van der Waals surface area (Å²) < 4.78 is 1.56. The van der Waals surface area contributed by atoms with Crippen LogP contribution in [-0.4, -0.2) is 31.1 Å². The van der Waals surface area contributed by atoms with Crippen LogP contribution < -0.4 is 5.32 Å². The molecular weight excluding hydrogens is 275 g/mol. The zero-order valence-corrected chi connectivity index (χ0v) is 12.3. The van der Waals surface area contributed by atoms with Crippen molar-refractivity contribution in [1.29, 1.82) is 0 Å². The van der Waals surface area contributed by atoms with E-state index in [4.69, 9.17) is 23.2 Å². The van der Waals surface area contributed by atoms with Crippen LogP contribution in [0.15, 0.2) is 6.07 Å². The van der Waals surface area contributed by atoms with E-state index < -0.39 is 0 Å². The zero-order valence-electron chi connectivity index (χ0n) is 10.0. The number of hydrogen-bond donors (Lipinski definition) is 1. The van der Waals surface area contributed by atoms with Gasteiger partial charge in [-0.25, -0.2) is 0 Å². The first-order valence-electron chi connectivity index (χ1n) is 6.07. The Labute approximate surface area is 117 Å². The first-order valence-corrected chi connectivity index (χ1v) is 7.64. The Kier molecular flexibility index (Phi) is 5.12. The number of rotatable bonds is 5. The van der Waals surface area contributed by atoms with Crippen LogP contribution in [0.3, 0.4) is 0 Å². The fourth-order valence-corrected chi connectivity index (χ4v) is 3.85. The van der Waals surface area contributed by atoms with E-state index in [1.807, 2.05) is 6.07 Å². The number of likely N-dealkylation sites (tertiary alicyclic amines) is 1. The number of nitrogens with zero attached hydrogens (tertiary/aromatic N) is 1. The fourth-order valence-electron chi connectivity index (χ4n) is 2.20. The van der Waals surface area contributed by atoms with Crippen molar-refractivity contribution < 1.29 is 0 Å². The van der Waals surface area contributed by atoms with Gasteiger partial charge in [-0.3, -0.25) is 0 Å². The lowest BCUT2D eigenvalue weighted by molar-refractivity contribution is 0.330. The van der Waals surface area contributed by atoms with Crippen molar-refractivity contribution in [1.82, 2.24) is 10.2 Å². The van der Waals surface area contributed by atoms with Crippen molar-refractivity contribution in [3.05, 3.63) is 20.3 Å². The molecule has 0 aliphatic carbocycles. The smallest absolute Gasteiger partial charge is 0.0991 e. The van der Waals surface area contributed by atoms with Gasteiger partial charge in [0.1, 0.15) is 0 Å². The average molecular weight is 293 g/mol. The van der Waals surface area contributed by atoms with Crippen molar-refractivity contribution in [3.8, 4) is 0 Å². The molecule has 1 saturated heterocycles. The molecule has 1 aromatic rings. The molecule has 1 aromatic heterocycles. The summed E-state index contributed by atoms with van der Waals surface area (Å²) in [6.07, 6.45) is 2.70. The molecule has 1 atom stereocenters. The summed E-state index contributed by atoms with van der Waals surface area (Å²) in [4.78, 5) is 2.50. The van der Waals surface area contributed by atoms with Gasteiger partial charge in [0.25, 0.3) is 0 Å². The maximum absolute atomic E-state index is 6.13. The third kappa shape index (κ3) is 3.83. The monoisotopic (exact) mass is 292 g/mol. The summed E-state index contributed by atoms with van der Waals surface area (Å²) in [5, 5.41) is 3.50. The average Bonchev–Trinajstić information content (AvgIpc) is 2.88. The summed E-state index contributed by atoms with van der Waals surface area (Å²) in [7, 11) is 0. The van der Waals surface area contributed by atoms with Crippen LogP contribution in [0, 0.1) is 0 Å². The van der Waals surface area contributed by atoms with E-state index in [1.165, 1.54) is 37.3 Å². The standard InChI is InChI=1S/C12H18Cl2N2S/c1-9(10-8-11(13)17-12(10)14)15-4-7-16-5-2-3-6-16/h8-9,15H,2-7H2,1H3. The topological polar surface area (TPSA) is 15.3 Å². The maximum Gasteiger partial charge on any atom is 0.0991 e. The van der Waals surface area contributed by atoms with E-state index in [1.54, 1.807) is 0 Å². The lowest BCUT2D eigenvalue weighted by Gasteiger charge is -2.18. The van der Waals surface area contributed by atoms with Crippen LogP contribution in [0.2, 0.25) is 8.67 Å². The van der Waals surface area contributed by atoms with E-state index >= 15 is 0 Å². The molecule has 1 fully saturated rings. The molecule has 1 N–H and O–H groups in total. The molecule has 0 spiro atoms. The first-order chi connectivity index (χ1) is 8.16. The van der Waals surface area contributed by atoms with Gasteiger partial charge in [-0.15, -0.1) is 11.3 Å². The van der Waals surface area contributed by atoms with Gasteiger partial charge in [0.2, 0.25) is 0 Å². The predicted octanol–water partition coefficient (Wildman–Crippen LogP) is 3.80. The minimum atomic E-state index is 0.272. The van der Waals surface area contributed by atoms with Crippen LogP contribution in [0.25, 0.3) is 0 Å². The normalized spacial score (nSPS) is 18.8. The fraction of sp³-hybridized carbons (Fsp3) is 0.667. The molecule has 96 valence electrons. The second-order valence-corrected chi connectivity index (χ2v) is 6.79. The van der Waals surface area contributed by atoms with Gasteiger partial charge >= 0.3 is 0 Å². The summed E-state index contributed by atoms with van der Waals surface area (Å²) in [5.74, 6) is 0. The van der Waals surface area contributed by atoms with E-state index in [2.05, 4.69) is 17.1 Å². The highest BCUT2D eigenvalue weighted by Gasteiger charge is 2.14. The van der Waals surface area contributed by atoms with Crippen molar-refractivity contribution in [2.24, 2.45) is 0 Å². The van der Waals surface area contributed by atoms with Crippen molar-refractivity contribution in [2.45, 2.75) is 25.8 Å². The number of hydrogen-bond acceptors (Lipinski definition) is 3. The molecule has 5 heteroatoms. The largest absolute Gasteiger partial charge is 0.309 e. The van der Waals surface area contributed by atoms with Gasteiger partial charge in [-0.05, 0) is 44.5 Å². The van der Waals surface area contributed by atoms with Gasteiger partial charge < -0.3 is 10.2 Å². The molecule has 0 bridgehead atoms. The molecule has 1 aliphatic heterocycles. The minimum Gasteiger partial charge on any atom is -0.309 e. The third-order valence-corrected chi connectivity index (χ3v) is 4.74. The zero-order chi connectivity index (χ0) is 12.3. The lowest BCUT2D eigenvalue weighted by Crippen LogP contribution is -2.31. The van der Waals surface area contributed by atoms with Crippen molar-refractivity contribution in [3.63, 3.8) is 0 Å². The number of thiophene rings is 1. The van der Waals surface area contributed by atoms with Gasteiger partial charge in [0.05, 0.1) is 8.67 Å². The van der Waals surface area contributed by atoms with Gasteiger partial charge in [-0.1, -0.05) is 23.2 Å². The quantitative estimate of drug-likeness (QED) is 0.888. The Morgan fingerprint density at radius 1 is 1.41 bits per heavy atom. The van der Waals surface area contributed by atoms with Crippen LogP contribution >= 0.6 is 34.5 Å². The highest BCUT2D eigenvalue weighted by Crippen LogP contribution is 2.34. The predicted molar refractivity (Wildman–Crippen MR) is 76.4 cm³/mol. The molecule has 1 unspecified atom stereocenters. The highest BCUT2D eigenvalue weighted by molar-refractivity contribution is 7.20. The Morgan fingerprint density at radius 3 is 2.71 bits per heavy atom. The summed E-state index contributed by atoms with van der Waals surface area (Å²) in [6, 6.07) is 2.23. The van der Waals surface area contributed by atoms with Crippen LogP contribution in [-0.2, 0) is 0 Å². The highest BCUT2D eigenvalue weighted by atomic mass is 35.5. The Morgan fingerprint density at radius 2 is 2.12 bits per heavy atom. The van der Waals surface area contributed by atoms with Gasteiger partial charge in [-0.2, -0.15) is 0 Å². The molecular formula is C12H18Cl2N2S. The Bertz CT molecular complexity index is 361. The summed E-state index contributed by atoms with van der Waals surface area (Å²) >= 11 is 13.5. The SMILES string of the molecule is CC(NCCN1CCCC1)c1cc(Cl)sc1Cl. The minimum absolute atomic E-state index is 0.272. The van der Waals surface area contributed by atoms with E-state index in [0.717, 1.165) is 27.3 Å². The third-order valence-electron chi connectivity index (χ3n) is 3.23. The van der Waals surface area contributed by atoms with Crippen LogP contribution in [0.1, 0.15) is 31.4 Å². The molecule has 0 saturated carbocycles. The maximum atomic E-state index is 6.13. The molecule has 0 radical (unpaired) electrons. The molecule has 0 amide bonds. The second kappa shape index (κ2) is 6.39. The second-order valence-electron chi connectivity index (χ2n) is 4.50. The van der Waals surface area contributed by atoms with Crippen molar-refractivity contribution in [2.75, 3.05) is 26.2 Å². The molecule has 2 rings (SSSR count). The molecule has 17 heavy (non-hydrogen) atoms. The Hall–Kier alpha value is 0.200. The first kappa shape index (κ1) is 13.6. The Balaban J connectivity index is 1.76. The number of halogens is 2. The van der Waals surface area contributed by atoms with Gasteiger partial charge in [0.15, 0.2) is 0 Å². The molecule has 1 aliphatic rings. The molecule has 2 heterocycles. The summed E-state index contributed by atoms with van der Waals surface area (Å²) in [5.41, 5.74) is 1.11. The van der Waals surface area contributed by atoms with Crippen LogP contribution in [0.5, 0.6) is 0 Å². The van der Waals surface area contributed by atoms with Gasteiger partial charge in [0, 0.05) is 19.1 Å².